The molecule has 1 aliphatic heterocycles. The van der Waals surface area contributed by atoms with E-state index in [0.717, 1.165) is 32.1 Å². The van der Waals surface area contributed by atoms with Gasteiger partial charge in [-0.05, 0) is 30.9 Å². The van der Waals surface area contributed by atoms with Crippen LogP contribution in [0.25, 0.3) is 0 Å². The lowest BCUT2D eigenvalue weighted by atomic mass is 9.74. The Morgan fingerprint density at radius 2 is 2.04 bits per heavy atom. The molecule has 1 aromatic rings. The standard InChI is InChI=1S/C20H28N4O3/c21-14-7-3-8-15(17(14)18(22)23)27-12-20(9-4-10-24-19(20)26)16(25)11-13-5-1-2-6-13/h3,7-8,13H,1-2,4-6,9-12,21H2,(H3,22,23)(H,24,26). The SMILES string of the molecule is N=C(N)c1c(N)cccc1OCC1(C(=O)CC2CCCC2)CCCNC1=O. The van der Waals surface area contributed by atoms with Crippen LogP contribution in [0.1, 0.15) is 50.5 Å². The van der Waals surface area contributed by atoms with Crippen molar-refractivity contribution in [2.45, 2.75) is 44.9 Å². The Morgan fingerprint density at radius 3 is 2.70 bits per heavy atom. The average molecular weight is 372 g/mol. The number of nitrogen functional groups attached to an aromatic ring is 2. The van der Waals surface area contributed by atoms with Crippen molar-refractivity contribution in [2.75, 3.05) is 18.9 Å². The topological polar surface area (TPSA) is 131 Å². The Hall–Kier alpha value is -2.57. The third-order valence-corrected chi connectivity index (χ3v) is 5.78. The fourth-order valence-electron chi connectivity index (χ4n) is 4.19. The van der Waals surface area contributed by atoms with Crippen LogP contribution in [0.15, 0.2) is 18.2 Å². The largest absolute Gasteiger partial charge is 0.491 e. The van der Waals surface area contributed by atoms with Crippen LogP contribution in [-0.4, -0.2) is 30.7 Å². The molecule has 1 saturated carbocycles. The van der Waals surface area contributed by atoms with Crippen LogP contribution < -0.4 is 21.5 Å². The Kier molecular flexibility index (Phi) is 5.68. The summed E-state index contributed by atoms with van der Waals surface area (Å²) >= 11 is 0. The van der Waals surface area contributed by atoms with Gasteiger partial charge in [-0.3, -0.25) is 15.0 Å². The van der Waals surface area contributed by atoms with Gasteiger partial charge in [-0.1, -0.05) is 31.7 Å². The van der Waals surface area contributed by atoms with Crippen molar-refractivity contribution >= 4 is 23.2 Å². The van der Waals surface area contributed by atoms with Gasteiger partial charge in [0, 0.05) is 18.7 Å². The Balaban J connectivity index is 1.82. The second kappa shape index (κ2) is 7.98. The van der Waals surface area contributed by atoms with E-state index >= 15 is 0 Å². The molecule has 0 spiro atoms. The van der Waals surface area contributed by atoms with Crippen LogP contribution in [-0.2, 0) is 9.59 Å². The van der Waals surface area contributed by atoms with Crippen molar-refractivity contribution < 1.29 is 14.3 Å². The number of anilines is 1. The lowest BCUT2D eigenvalue weighted by molar-refractivity contribution is -0.147. The summed E-state index contributed by atoms with van der Waals surface area (Å²) in [6, 6.07) is 4.99. The summed E-state index contributed by atoms with van der Waals surface area (Å²) in [6.45, 7) is 0.516. The maximum Gasteiger partial charge on any atom is 0.237 e. The third-order valence-electron chi connectivity index (χ3n) is 5.78. The van der Waals surface area contributed by atoms with Gasteiger partial charge in [0.2, 0.25) is 5.91 Å². The summed E-state index contributed by atoms with van der Waals surface area (Å²) in [4.78, 5) is 25.9. The number of ketones is 1. The van der Waals surface area contributed by atoms with Gasteiger partial charge in [-0.25, -0.2) is 0 Å². The van der Waals surface area contributed by atoms with Gasteiger partial charge in [0.05, 0.1) is 5.56 Å². The first kappa shape index (κ1) is 19.2. The fraction of sp³-hybridized carbons (Fsp3) is 0.550. The number of benzene rings is 1. The minimum atomic E-state index is -1.18. The molecule has 1 atom stereocenters. The maximum atomic E-state index is 13.2. The number of carbonyl (C=O) groups is 2. The summed E-state index contributed by atoms with van der Waals surface area (Å²) in [7, 11) is 0. The molecule has 146 valence electrons. The number of nitrogens with one attached hydrogen (secondary N) is 2. The molecule has 1 aromatic carbocycles. The van der Waals surface area contributed by atoms with E-state index in [1.807, 2.05) is 0 Å². The molecule has 7 nitrogen and oxygen atoms in total. The molecule has 27 heavy (non-hydrogen) atoms. The first-order chi connectivity index (χ1) is 12.9. The Bertz CT molecular complexity index is 743. The molecule has 2 aliphatic rings. The highest BCUT2D eigenvalue weighted by Gasteiger charge is 2.48. The van der Waals surface area contributed by atoms with Crippen LogP contribution in [0, 0.1) is 16.7 Å². The molecule has 3 rings (SSSR count). The normalized spacial score (nSPS) is 23.0. The first-order valence-corrected chi connectivity index (χ1v) is 9.61. The number of hydrogen-bond acceptors (Lipinski definition) is 5. The Morgan fingerprint density at radius 1 is 1.30 bits per heavy atom. The number of amidine groups is 1. The zero-order valence-electron chi connectivity index (χ0n) is 15.6. The molecule has 6 N–H and O–H groups in total. The van der Waals surface area contributed by atoms with Crippen molar-refractivity contribution in [1.29, 1.82) is 5.41 Å². The second-order valence-corrected chi connectivity index (χ2v) is 7.64. The van der Waals surface area contributed by atoms with Crippen molar-refractivity contribution in [2.24, 2.45) is 17.1 Å². The quantitative estimate of drug-likeness (QED) is 0.251. The van der Waals surface area contributed by atoms with Crippen LogP contribution in [0.5, 0.6) is 5.75 Å². The van der Waals surface area contributed by atoms with Crippen molar-refractivity contribution in [3.8, 4) is 5.75 Å². The van der Waals surface area contributed by atoms with Gasteiger partial charge < -0.3 is 21.5 Å². The molecule has 1 heterocycles. The van der Waals surface area contributed by atoms with E-state index in [2.05, 4.69) is 5.32 Å². The molecule has 0 bridgehead atoms. The number of rotatable bonds is 7. The predicted molar refractivity (Wildman–Crippen MR) is 104 cm³/mol. The zero-order valence-corrected chi connectivity index (χ0v) is 15.6. The smallest absolute Gasteiger partial charge is 0.237 e. The monoisotopic (exact) mass is 372 g/mol. The highest BCUT2D eigenvalue weighted by Crippen LogP contribution is 2.36. The molecular weight excluding hydrogens is 344 g/mol. The van der Waals surface area contributed by atoms with Gasteiger partial charge in [-0.2, -0.15) is 0 Å². The van der Waals surface area contributed by atoms with E-state index < -0.39 is 5.41 Å². The average Bonchev–Trinajstić information content (AvgIpc) is 3.14. The summed E-state index contributed by atoms with van der Waals surface area (Å²) in [5.74, 6) is 0.186. The van der Waals surface area contributed by atoms with E-state index in [4.69, 9.17) is 21.6 Å². The lowest BCUT2D eigenvalue weighted by Gasteiger charge is -2.35. The summed E-state index contributed by atoms with van der Waals surface area (Å²) in [5, 5.41) is 10.6. The molecule has 0 radical (unpaired) electrons. The second-order valence-electron chi connectivity index (χ2n) is 7.64. The number of piperidine rings is 1. The van der Waals surface area contributed by atoms with Crippen LogP contribution in [0.4, 0.5) is 5.69 Å². The molecule has 2 fully saturated rings. The minimum absolute atomic E-state index is 0.0418. The van der Waals surface area contributed by atoms with Crippen LogP contribution in [0.2, 0.25) is 0 Å². The third kappa shape index (κ3) is 3.91. The van der Waals surface area contributed by atoms with E-state index in [-0.39, 0.29) is 24.1 Å². The van der Waals surface area contributed by atoms with Crippen molar-refractivity contribution in [1.82, 2.24) is 5.32 Å². The molecule has 7 heteroatoms. The molecule has 1 saturated heterocycles. The fourth-order valence-corrected chi connectivity index (χ4v) is 4.19. The summed E-state index contributed by atoms with van der Waals surface area (Å²) in [6.07, 6.45) is 6.04. The maximum absolute atomic E-state index is 13.2. The first-order valence-electron chi connectivity index (χ1n) is 9.61. The number of ether oxygens (including phenoxy) is 1. The lowest BCUT2D eigenvalue weighted by Crippen LogP contribution is -2.54. The highest BCUT2D eigenvalue weighted by molar-refractivity contribution is 6.07. The summed E-state index contributed by atoms with van der Waals surface area (Å²) in [5.41, 5.74) is 11.0. The van der Waals surface area contributed by atoms with Gasteiger partial charge in [0.1, 0.15) is 23.6 Å². The number of carbonyl (C=O) groups excluding carboxylic acids is 2. The van der Waals surface area contributed by atoms with Gasteiger partial charge in [0.15, 0.2) is 5.78 Å². The summed E-state index contributed by atoms with van der Waals surface area (Å²) < 4.78 is 5.90. The van der Waals surface area contributed by atoms with E-state index in [0.29, 0.717) is 42.3 Å². The van der Waals surface area contributed by atoms with E-state index in [9.17, 15) is 9.59 Å². The van der Waals surface area contributed by atoms with Gasteiger partial charge in [0.25, 0.3) is 0 Å². The van der Waals surface area contributed by atoms with Crippen LogP contribution >= 0.6 is 0 Å². The number of nitrogens with two attached hydrogens (primary N) is 2. The van der Waals surface area contributed by atoms with Gasteiger partial charge >= 0.3 is 0 Å². The van der Waals surface area contributed by atoms with E-state index in [1.165, 1.54) is 0 Å². The van der Waals surface area contributed by atoms with E-state index in [1.54, 1.807) is 18.2 Å². The number of amides is 1. The predicted octanol–water partition coefficient (Wildman–Crippen LogP) is 1.98. The molecule has 1 unspecified atom stereocenters. The van der Waals surface area contributed by atoms with Crippen molar-refractivity contribution in [3.63, 3.8) is 0 Å². The van der Waals surface area contributed by atoms with Gasteiger partial charge in [-0.15, -0.1) is 0 Å². The molecule has 1 aliphatic carbocycles. The molecular formula is C20H28N4O3. The Labute approximate surface area is 159 Å². The number of hydrogen-bond donors (Lipinski definition) is 4. The van der Waals surface area contributed by atoms with Crippen molar-refractivity contribution in [3.05, 3.63) is 23.8 Å². The zero-order chi connectivity index (χ0) is 19.4. The number of Topliss-reactive ketones (excluding diaryl/α,β-unsaturated/α-hetero) is 1. The molecule has 1 amide bonds. The molecule has 0 aromatic heterocycles. The van der Waals surface area contributed by atoms with Crippen LogP contribution in [0.3, 0.4) is 0 Å². The minimum Gasteiger partial charge on any atom is -0.491 e. The highest BCUT2D eigenvalue weighted by atomic mass is 16.5.